The normalized spacial score (nSPS) is 21.3. The Balaban J connectivity index is 1.91. The minimum absolute atomic E-state index is 0.0441. The van der Waals surface area contributed by atoms with E-state index in [1.165, 1.54) is 0 Å². The van der Waals surface area contributed by atoms with Crippen LogP contribution < -0.4 is 5.32 Å². The van der Waals surface area contributed by atoms with Crippen LogP contribution in [0.15, 0.2) is 4.52 Å². The molecule has 1 N–H and O–H groups in total. The molecular weight excluding hydrogens is 232 g/mol. The summed E-state index contributed by atoms with van der Waals surface area (Å²) in [6.07, 6.45) is 1.87. The Kier molecular flexibility index (Phi) is 5.10. The zero-order chi connectivity index (χ0) is 12.8. The molecule has 1 aliphatic rings. The van der Waals surface area contributed by atoms with Gasteiger partial charge in [-0.3, -0.25) is 4.90 Å². The highest BCUT2D eigenvalue weighted by atomic mass is 16.5. The molecule has 1 fully saturated rings. The van der Waals surface area contributed by atoms with Gasteiger partial charge in [0.2, 0.25) is 11.7 Å². The third-order valence-electron chi connectivity index (χ3n) is 3.05. The van der Waals surface area contributed by atoms with E-state index in [4.69, 9.17) is 9.26 Å². The zero-order valence-corrected chi connectivity index (χ0v) is 11.2. The number of morpholine rings is 1. The maximum absolute atomic E-state index is 5.72. The van der Waals surface area contributed by atoms with Crippen LogP contribution in [0, 0.1) is 0 Å². The molecule has 0 spiro atoms. The van der Waals surface area contributed by atoms with E-state index < -0.39 is 0 Å². The molecule has 0 saturated carbocycles. The summed E-state index contributed by atoms with van der Waals surface area (Å²) in [5.41, 5.74) is 0. The Morgan fingerprint density at radius 1 is 1.50 bits per heavy atom. The standard InChI is InChI=1S/C12H22N4O2/c1-3-6-16-7-8-17-10(9-16)12-14-11(18-15-12)4-5-13-2/h10,13H,3-9H2,1-2H3. The quantitative estimate of drug-likeness (QED) is 0.802. The van der Waals surface area contributed by atoms with Crippen molar-refractivity contribution in [2.24, 2.45) is 0 Å². The monoisotopic (exact) mass is 254 g/mol. The third kappa shape index (κ3) is 3.51. The molecule has 0 bridgehead atoms. The lowest BCUT2D eigenvalue weighted by atomic mass is 10.2. The van der Waals surface area contributed by atoms with Crippen molar-refractivity contribution in [2.45, 2.75) is 25.9 Å². The Morgan fingerprint density at radius 2 is 2.39 bits per heavy atom. The van der Waals surface area contributed by atoms with E-state index in [1.807, 2.05) is 7.05 Å². The summed E-state index contributed by atoms with van der Waals surface area (Å²) in [6.45, 7) is 6.73. The number of nitrogens with one attached hydrogen (secondary N) is 1. The molecular formula is C12H22N4O2. The van der Waals surface area contributed by atoms with Gasteiger partial charge in [-0.25, -0.2) is 0 Å². The third-order valence-corrected chi connectivity index (χ3v) is 3.05. The molecule has 6 nitrogen and oxygen atoms in total. The van der Waals surface area contributed by atoms with Crippen LogP contribution in [0.4, 0.5) is 0 Å². The molecule has 18 heavy (non-hydrogen) atoms. The molecule has 0 aliphatic carbocycles. The van der Waals surface area contributed by atoms with Crippen molar-refractivity contribution < 1.29 is 9.26 Å². The predicted octanol–water partition coefficient (Wildman–Crippen LogP) is 0.615. The largest absolute Gasteiger partial charge is 0.367 e. The lowest BCUT2D eigenvalue weighted by Crippen LogP contribution is -2.39. The van der Waals surface area contributed by atoms with E-state index in [0.717, 1.165) is 45.6 Å². The molecule has 2 rings (SSSR count). The van der Waals surface area contributed by atoms with Gasteiger partial charge in [0.05, 0.1) is 6.61 Å². The first kappa shape index (κ1) is 13.5. The zero-order valence-electron chi connectivity index (χ0n) is 11.2. The molecule has 6 heteroatoms. The van der Waals surface area contributed by atoms with Gasteiger partial charge in [0, 0.05) is 26.1 Å². The van der Waals surface area contributed by atoms with Gasteiger partial charge in [0.25, 0.3) is 0 Å². The fraction of sp³-hybridized carbons (Fsp3) is 0.833. The minimum Gasteiger partial charge on any atom is -0.367 e. The van der Waals surface area contributed by atoms with Gasteiger partial charge in [-0.15, -0.1) is 0 Å². The van der Waals surface area contributed by atoms with Crippen LogP contribution in [-0.4, -0.2) is 54.9 Å². The van der Waals surface area contributed by atoms with E-state index >= 15 is 0 Å². The smallest absolute Gasteiger partial charge is 0.228 e. The first-order chi connectivity index (χ1) is 8.83. The molecule has 102 valence electrons. The topological polar surface area (TPSA) is 63.4 Å². The van der Waals surface area contributed by atoms with Crippen molar-refractivity contribution in [1.82, 2.24) is 20.4 Å². The Bertz CT molecular complexity index is 354. The number of likely N-dealkylation sites (N-methyl/N-ethyl adjacent to an activating group) is 1. The van der Waals surface area contributed by atoms with Crippen molar-refractivity contribution in [2.75, 3.05) is 39.8 Å². The van der Waals surface area contributed by atoms with Crippen LogP contribution in [-0.2, 0) is 11.2 Å². The molecule has 0 amide bonds. The predicted molar refractivity (Wildman–Crippen MR) is 67.4 cm³/mol. The van der Waals surface area contributed by atoms with E-state index in [0.29, 0.717) is 11.7 Å². The summed E-state index contributed by atoms with van der Waals surface area (Å²) >= 11 is 0. The van der Waals surface area contributed by atoms with Gasteiger partial charge in [-0.1, -0.05) is 12.1 Å². The fourth-order valence-electron chi connectivity index (χ4n) is 2.11. The number of rotatable bonds is 6. The van der Waals surface area contributed by atoms with Gasteiger partial charge in [0.1, 0.15) is 6.10 Å². The average Bonchev–Trinajstić information content (AvgIpc) is 2.86. The maximum Gasteiger partial charge on any atom is 0.228 e. The van der Waals surface area contributed by atoms with Crippen molar-refractivity contribution in [3.63, 3.8) is 0 Å². The van der Waals surface area contributed by atoms with Gasteiger partial charge in [-0.2, -0.15) is 4.98 Å². The van der Waals surface area contributed by atoms with Crippen LogP contribution in [0.25, 0.3) is 0 Å². The molecule has 0 radical (unpaired) electrons. The second kappa shape index (κ2) is 6.82. The van der Waals surface area contributed by atoms with Crippen molar-refractivity contribution in [3.8, 4) is 0 Å². The summed E-state index contributed by atoms with van der Waals surface area (Å²) in [7, 11) is 1.91. The fourth-order valence-corrected chi connectivity index (χ4v) is 2.11. The van der Waals surface area contributed by atoms with E-state index in [-0.39, 0.29) is 6.10 Å². The van der Waals surface area contributed by atoms with Crippen molar-refractivity contribution >= 4 is 0 Å². The Labute approximate surface area is 108 Å². The molecule has 1 aliphatic heterocycles. The lowest BCUT2D eigenvalue weighted by molar-refractivity contribution is -0.0350. The van der Waals surface area contributed by atoms with Crippen LogP contribution in [0.1, 0.15) is 31.2 Å². The van der Waals surface area contributed by atoms with Crippen LogP contribution >= 0.6 is 0 Å². The second-order valence-electron chi connectivity index (χ2n) is 4.56. The first-order valence-electron chi connectivity index (χ1n) is 6.64. The maximum atomic E-state index is 5.72. The number of aromatic nitrogens is 2. The number of nitrogens with zero attached hydrogens (tertiary/aromatic N) is 3. The summed E-state index contributed by atoms with van der Waals surface area (Å²) < 4.78 is 10.9. The van der Waals surface area contributed by atoms with Gasteiger partial charge < -0.3 is 14.6 Å². The second-order valence-corrected chi connectivity index (χ2v) is 4.56. The number of hydrogen-bond donors (Lipinski definition) is 1. The SMILES string of the molecule is CCCN1CCOC(c2noc(CCNC)n2)C1. The van der Waals surface area contributed by atoms with Crippen LogP contribution in [0.3, 0.4) is 0 Å². The molecule has 1 aromatic heterocycles. The molecule has 0 aromatic carbocycles. The lowest BCUT2D eigenvalue weighted by Gasteiger charge is -2.30. The Hall–Kier alpha value is -0.980. The summed E-state index contributed by atoms with van der Waals surface area (Å²) in [5.74, 6) is 1.36. The molecule has 1 saturated heterocycles. The van der Waals surface area contributed by atoms with Crippen molar-refractivity contribution in [3.05, 3.63) is 11.7 Å². The summed E-state index contributed by atoms with van der Waals surface area (Å²) in [5, 5.41) is 7.08. The van der Waals surface area contributed by atoms with E-state index in [2.05, 4.69) is 27.3 Å². The highest BCUT2D eigenvalue weighted by molar-refractivity contribution is 4.94. The van der Waals surface area contributed by atoms with Crippen molar-refractivity contribution in [1.29, 1.82) is 0 Å². The van der Waals surface area contributed by atoms with E-state index in [1.54, 1.807) is 0 Å². The minimum atomic E-state index is -0.0441. The summed E-state index contributed by atoms with van der Waals surface area (Å²) in [6, 6.07) is 0. The molecule has 2 heterocycles. The summed E-state index contributed by atoms with van der Waals surface area (Å²) in [4.78, 5) is 6.78. The first-order valence-corrected chi connectivity index (χ1v) is 6.64. The van der Waals surface area contributed by atoms with Gasteiger partial charge in [0.15, 0.2) is 0 Å². The Morgan fingerprint density at radius 3 is 3.17 bits per heavy atom. The number of hydrogen-bond acceptors (Lipinski definition) is 6. The van der Waals surface area contributed by atoms with E-state index in [9.17, 15) is 0 Å². The molecule has 1 aromatic rings. The molecule has 1 unspecified atom stereocenters. The molecule has 1 atom stereocenters. The highest BCUT2D eigenvalue weighted by Crippen LogP contribution is 2.19. The van der Waals surface area contributed by atoms with Gasteiger partial charge >= 0.3 is 0 Å². The van der Waals surface area contributed by atoms with Gasteiger partial charge in [-0.05, 0) is 20.0 Å². The highest BCUT2D eigenvalue weighted by Gasteiger charge is 2.25. The average molecular weight is 254 g/mol. The van der Waals surface area contributed by atoms with Crippen LogP contribution in [0.5, 0.6) is 0 Å². The van der Waals surface area contributed by atoms with Crippen LogP contribution in [0.2, 0.25) is 0 Å². The number of ether oxygens (including phenoxy) is 1.